The molecule has 0 radical (unpaired) electrons. The van der Waals surface area contributed by atoms with Crippen molar-refractivity contribution in [3.63, 3.8) is 0 Å². The Morgan fingerprint density at radius 2 is 0.750 bits per heavy atom. The minimum Gasteiger partial charge on any atom is -0.310 e. The predicted octanol–water partition coefficient (Wildman–Crippen LogP) is 16.4. The summed E-state index contributed by atoms with van der Waals surface area (Å²) in [5.41, 5.74) is 23.5. The maximum Gasteiger partial charge on any atom is 0.0726 e. The summed E-state index contributed by atoms with van der Waals surface area (Å²) in [5, 5.41) is 0. The molecule has 1 atom stereocenters. The highest BCUT2D eigenvalue weighted by Crippen LogP contribution is 2.64. The minimum atomic E-state index is -0.452. The summed E-state index contributed by atoms with van der Waals surface area (Å²) >= 11 is 0. The van der Waals surface area contributed by atoms with E-state index in [1.54, 1.807) is 0 Å². The molecule has 1 spiro atoms. The second kappa shape index (κ2) is 16.7. The van der Waals surface area contributed by atoms with Crippen LogP contribution < -0.4 is 4.90 Å². The van der Waals surface area contributed by atoms with Crippen LogP contribution in [0.15, 0.2) is 212 Å². The molecule has 9 aromatic rings. The number of fused-ring (bicyclic) bond motifs is 13. The molecule has 1 nitrogen and oxygen atoms in total. The quantitative estimate of drug-likeness (QED) is 0.156. The Bertz CT molecular complexity index is 3060. The highest BCUT2D eigenvalue weighted by molar-refractivity contribution is 7.15. The molecule has 0 aromatic heterocycles. The summed E-state index contributed by atoms with van der Waals surface area (Å²) in [5.74, 6) is 0. The lowest BCUT2D eigenvalue weighted by Crippen LogP contribution is -2.28. The van der Waals surface area contributed by atoms with Crippen LogP contribution in [-0.4, -0.2) is 6.66 Å². The van der Waals surface area contributed by atoms with E-state index in [1.807, 2.05) is 6.66 Å². The molecule has 3 aliphatic carbocycles. The van der Waals surface area contributed by atoms with Crippen LogP contribution in [0.5, 0.6) is 0 Å². The number of rotatable bonds is 5. The number of hydrogen-bond acceptors (Lipinski definition) is 1. The van der Waals surface area contributed by atoms with E-state index in [0.717, 1.165) is 11.4 Å². The summed E-state index contributed by atoms with van der Waals surface area (Å²) in [4.78, 5) is 2.51. The third-order valence-electron chi connectivity index (χ3n) is 13.5. The molecule has 0 saturated carbocycles. The molecular formula is C62H54NP. The van der Waals surface area contributed by atoms with E-state index >= 15 is 0 Å². The standard InChI is InChI=1S/C58H41N.C3H8.CH5P/c1-38-29-34-56(39(2)35-38)59(42-31-33-54-49(36-42)47-24-12-13-25-50(47)57(54,40-17-5-3-6-18-40)41-19-7-4-8-20-41)43-30-32-48-46-23-11-16-28-53(46)58(55(48)37-43)51-26-14-9-21-44(51)45-22-10-15-27-52(45)58;1-3-2;1-2/h3-37H,1-2H3;3H2,1-2H3;2H2,1H3. The van der Waals surface area contributed by atoms with Crippen molar-refractivity contribution in [3.8, 4) is 33.4 Å². The predicted molar refractivity (Wildman–Crippen MR) is 276 cm³/mol. The van der Waals surface area contributed by atoms with E-state index in [2.05, 4.69) is 254 Å². The van der Waals surface area contributed by atoms with Crippen LogP contribution >= 0.6 is 9.24 Å². The lowest BCUT2D eigenvalue weighted by Gasteiger charge is -2.34. The van der Waals surface area contributed by atoms with E-state index in [-0.39, 0.29) is 0 Å². The van der Waals surface area contributed by atoms with Crippen molar-refractivity contribution in [3.05, 3.63) is 268 Å². The van der Waals surface area contributed by atoms with Crippen molar-refractivity contribution in [1.29, 1.82) is 0 Å². The maximum atomic E-state index is 2.51. The molecular weight excluding hydrogens is 790 g/mol. The molecule has 312 valence electrons. The van der Waals surface area contributed by atoms with Gasteiger partial charge in [-0.3, -0.25) is 0 Å². The molecule has 0 amide bonds. The Morgan fingerprint density at radius 1 is 0.359 bits per heavy atom. The summed E-state index contributed by atoms with van der Waals surface area (Å²) in [6, 6.07) is 79.8. The van der Waals surface area contributed by atoms with E-state index in [9.17, 15) is 0 Å². The summed E-state index contributed by atoms with van der Waals surface area (Å²) in [6.07, 6.45) is 1.25. The van der Waals surface area contributed by atoms with Gasteiger partial charge in [0, 0.05) is 17.1 Å². The third-order valence-corrected chi connectivity index (χ3v) is 13.5. The van der Waals surface area contributed by atoms with E-state index < -0.39 is 10.8 Å². The van der Waals surface area contributed by atoms with Gasteiger partial charge in [-0.2, -0.15) is 0 Å². The van der Waals surface area contributed by atoms with Crippen LogP contribution in [0.25, 0.3) is 33.4 Å². The summed E-state index contributed by atoms with van der Waals surface area (Å²) < 4.78 is 0. The molecule has 9 aromatic carbocycles. The van der Waals surface area contributed by atoms with Crippen LogP contribution in [0, 0.1) is 13.8 Å². The third kappa shape index (κ3) is 6.02. The minimum absolute atomic E-state index is 0.426. The van der Waals surface area contributed by atoms with E-state index in [0.29, 0.717) is 0 Å². The maximum absolute atomic E-state index is 2.51. The fourth-order valence-electron chi connectivity index (χ4n) is 11.3. The second-order valence-corrected chi connectivity index (χ2v) is 17.2. The topological polar surface area (TPSA) is 3.24 Å². The van der Waals surface area contributed by atoms with Gasteiger partial charge in [0.25, 0.3) is 0 Å². The first-order chi connectivity index (χ1) is 31.5. The van der Waals surface area contributed by atoms with Gasteiger partial charge < -0.3 is 4.90 Å². The fourth-order valence-corrected chi connectivity index (χ4v) is 11.3. The molecule has 2 heteroatoms. The van der Waals surface area contributed by atoms with Gasteiger partial charge in [-0.15, -0.1) is 9.24 Å². The Morgan fingerprint density at radius 3 is 1.25 bits per heavy atom. The smallest absolute Gasteiger partial charge is 0.0726 e. The SMILES string of the molecule is CCC.CP.Cc1ccc(N(c2ccc3c(c2)-c2ccccc2C3(c2ccccc2)c2ccccc2)c2ccc3c(c2)C2(c4ccccc4-c4ccccc42)c2ccccc2-3)c(C)c1. The number of anilines is 3. The van der Waals surface area contributed by atoms with Crippen molar-refractivity contribution < 1.29 is 0 Å². The fraction of sp³-hybridized carbons (Fsp3) is 0.129. The lowest BCUT2D eigenvalue weighted by atomic mass is 9.68. The summed E-state index contributed by atoms with van der Waals surface area (Å²) in [7, 11) is 2.42. The Balaban J connectivity index is 0.000000932. The van der Waals surface area contributed by atoms with Crippen LogP contribution in [0.1, 0.15) is 75.9 Å². The first-order valence-electron chi connectivity index (χ1n) is 22.8. The monoisotopic (exact) mass is 843 g/mol. The Kier molecular flexibility index (Phi) is 10.8. The zero-order valence-electron chi connectivity index (χ0n) is 37.4. The molecule has 3 aliphatic rings. The molecule has 0 bridgehead atoms. The molecule has 0 saturated heterocycles. The van der Waals surface area contributed by atoms with Gasteiger partial charge in [-0.05, 0) is 128 Å². The zero-order valence-corrected chi connectivity index (χ0v) is 38.6. The van der Waals surface area contributed by atoms with Crippen LogP contribution in [0.3, 0.4) is 0 Å². The highest BCUT2D eigenvalue weighted by atomic mass is 31.0. The van der Waals surface area contributed by atoms with Gasteiger partial charge in [-0.25, -0.2) is 0 Å². The second-order valence-electron chi connectivity index (χ2n) is 17.2. The number of hydrogen-bond donors (Lipinski definition) is 0. The van der Waals surface area contributed by atoms with Crippen molar-refractivity contribution in [2.24, 2.45) is 0 Å². The van der Waals surface area contributed by atoms with Gasteiger partial charge >= 0.3 is 0 Å². The Labute approximate surface area is 382 Å². The molecule has 0 aliphatic heterocycles. The van der Waals surface area contributed by atoms with Crippen molar-refractivity contribution in [2.75, 3.05) is 11.6 Å². The average molecular weight is 844 g/mol. The van der Waals surface area contributed by atoms with Gasteiger partial charge in [0.1, 0.15) is 0 Å². The zero-order chi connectivity index (χ0) is 44.0. The van der Waals surface area contributed by atoms with Gasteiger partial charge in [-0.1, -0.05) is 214 Å². The molecule has 12 rings (SSSR count). The average Bonchev–Trinajstić information content (AvgIpc) is 3.94. The largest absolute Gasteiger partial charge is 0.310 e. The number of benzene rings is 9. The number of aryl methyl sites for hydroxylation is 2. The van der Waals surface area contributed by atoms with Crippen molar-refractivity contribution in [2.45, 2.75) is 44.9 Å². The van der Waals surface area contributed by atoms with Gasteiger partial charge in [0.05, 0.1) is 10.8 Å². The first kappa shape index (κ1) is 41.2. The van der Waals surface area contributed by atoms with Gasteiger partial charge in [0.15, 0.2) is 0 Å². The molecule has 64 heavy (non-hydrogen) atoms. The lowest BCUT2D eigenvalue weighted by molar-refractivity contribution is 0.768. The van der Waals surface area contributed by atoms with Crippen LogP contribution in [-0.2, 0) is 10.8 Å². The molecule has 0 heterocycles. The first-order valence-corrected chi connectivity index (χ1v) is 23.9. The normalized spacial score (nSPS) is 13.5. The van der Waals surface area contributed by atoms with Crippen LogP contribution in [0.2, 0.25) is 0 Å². The Hall–Kier alpha value is -6.79. The highest BCUT2D eigenvalue weighted by Gasteiger charge is 2.52. The molecule has 1 unspecified atom stereocenters. The van der Waals surface area contributed by atoms with Crippen molar-refractivity contribution >= 4 is 26.3 Å². The van der Waals surface area contributed by atoms with Gasteiger partial charge in [0.2, 0.25) is 0 Å². The van der Waals surface area contributed by atoms with Crippen molar-refractivity contribution in [1.82, 2.24) is 0 Å². The molecule has 0 N–H and O–H groups in total. The van der Waals surface area contributed by atoms with Crippen LogP contribution in [0.4, 0.5) is 17.1 Å². The number of nitrogens with zero attached hydrogens (tertiary/aromatic N) is 1. The molecule has 0 fully saturated rings. The van der Waals surface area contributed by atoms with E-state index in [1.165, 1.54) is 101 Å². The summed E-state index contributed by atoms with van der Waals surface area (Å²) in [6.45, 7) is 10.6. The van der Waals surface area contributed by atoms with E-state index in [4.69, 9.17) is 0 Å².